The summed E-state index contributed by atoms with van der Waals surface area (Å²) >= 11 is 0. The van der Waals surface area contributed by atoms with Crippen LogP contribution < -0.4 is 0 Å². The third-order valence-electron chi connectivity index (χ3n) is 4.05. The van der Waals surface area contributed by atoms with Gasteiger partial charge in [0.25, 0.3) is 5.91 Å². The summed E-state index contributed by atoms with van der Waals surface area (Å²) in [7, 11) is 0. The Morgan fingerprint density at radius 2 is 2.14 bits per heavy atom. The van der Waals surface area contributed by atoms with E-state index < -0.39 is 11.9 Å². The van der Waals surface area contributed by atoms with Crippen LogP contribution in [0.4, 0.5) is 0 Å². The number of carbonyl (C=O) groups excluding carboxylic acids is 1. The van der Waals surface area contributed by atoms with E-state index in [1.807, 2.05) is 32.2 Å². The highest BCUT2D eigenvalue weighted by Crippen LogP contribution is 2.24. The number of hydrogen-bond donors (Lipinski definition) is 1. The maximum Gasteiger partial charge on any atom is 0.308 e. The number of aryl methyl sites for hydroxylation is 1. The fourth-order valence-corrected chi connectivity index (χ4v) is 2.80. The van der Waals surface area contributed by atoms with Crippen LogP contribution in [0.1, 0.15) is 23.0 Å². The van der Waals surface area contributed by atoms with Gasteiger partial charge < -0.3 is 14.4 Å². The summed E-state index contributed by atoms with van der Waals surface area (Å²) in [5.74, 6) is -1.57. The van der Waals surface area contributed by atoms with Crippen LogP contribution in [0.5, 0.6) is 0 Å². The van der Waals surface area contributed by atoms with Crippen molar-refractivity contribution >= 4 is 17.5 Å². The van der Waals surface area contributed by atoms with Crippen molar-refractivity contribution in [2.45, 2.75) is 13.8 Å². The maximum absolute atomic E-state index is 12.5. The van der Waals surface area contributed by atoms with Crippen LogP contribution in [-0.2, 0) is 4.79 Å². The molecule has 0 aromatic carbocycles. The predicted molar refractivity (Wildman–Crippen MR) is 76.1 cm³/mol. The molecule has 0 saturated carbocycles. The number of carboxylic acid groups (broad SMARTS) is 1. The first-order valence-electron chi connectivity index (χ1n) is 6.93. The first-order chi connectivity index (χ1) is 9.95. The van der Waals surface area contributed by atoms with Gasteiger partial charge in [-0.05, 0) is 30.5 Å². The summed E-state index contributed by atoms with van der Waals surface area (Å²) in [6, 6.07) is 3.85. The first-order valence-corrected chi connectivity index (χ1v) is 6.93. The average Bonchev–Trinajstić information content (AvgIpc) is 3.00. The largest absolute Gasteiger partial charge is 0.481 e. The second kappa shape index (κ2) is 4.87. The Morgan fingerprint density at radius 1 is 1.38 bits per heavy atom. The van der Waals surface area contributed by atoms with E-state index in [4.69, 9.17) is 5.11 Å². The molecule has 1 N–H and O–H groups in total. The molecular formula is C15H17N3O3. The molecule has 1 saturated heterocycles. The number of likely N-dealkylation sites (tertiary alicyclic amines) is 1. The van der Waals surface area contributed by atoms with Crippen molar-refractivity contribution < 1.29 is 14.7 Å². The Labute approximate surface area is 122 Å². The third kappa shape index (κ3) is 2.37. The van der Waals surface area contributed by atoms with Crippen LogP contribution in [-0.4, -0.2) is 44.4 Å². The minimum Gasteiger partial charge on any atom is -0.481 e. The van der Waals surface area contributed by atoms with E-state index in [1.54, 1.807) is 15.5 Å². The number of rotatable bonds is 2. The summed E-state index contributed by atoms with van der Waals surface area (Å²) in [4.78, 5) is 29.5. The number of carbonyl (C=O) groups is 2. The highest BCUT2D eigenvalue weighted by molar-refractivity contribution is 5.93. The van der Waals surface area contributed by atoms with Crippen LogP contribution >= 0.6 is 0 Å². The van der Waals surface area contributed by atoms with Crippen LogP contribution in [0, 0.1) is 18.8 Å². The highest BCUT2D eigenvalue weighted by Gasteiger charge is 2.37. The van der Waals surface area contributed by atoms with Crippen molar-refractivity contribution in [3.63, 3.8) is 0 Å². The molecule has 6 nitrogen and oxygen atoms in total. The van der Waals surface area contributed by atoms with Gasteiger partial charge in [-0.1, -0.05) is 6.92 Å². The molecule has 0 radical (unpaired) electrons. The van der Waals surface area contributed by atoms with Gasteiger partial charge in [-0.15, -0.1) is 0 Å². The van der Waals surface area contributed by atoms with Gasteiger partial charge in [0.15, 0.2) is 0 Å². The standard InChI is InChI=1S/C15H17N3O3/c1-9-3-4-17-8-12(16-13(17)5-9)14(19)18-6-10(2)11(7-18)15(20)21/h3-5,8,10-11H,6-7H2,1-2H3,(H,20,21)/t10-,11-/m1/s1. The van der Waals surface area contributed by atoms with Gasteiger partial charge >= 0.3 is 5.97 Å². The molecule has 6 heteroatoms. The Morgan fingerprint density at radius 3 is 2.81 bits per heavy atom. The Hall–Kier alpha value is -2.37. The maximum atomic E-state index is 12.5. The lowest BCUT2D eigenvalue weighted by Gasteiger charge is -2.13. The normalized spacial score (nSPS) is 21.9. The Balaban J connectivity index is 1.86. The Bertz CT molecular complexity index is 722. The summed E-state index contributed by atoms with van der Waals surface area (Å²) in [5, 5.41) is 9.14. The topological polar surface area (TPSA) is 74.9 Å². The number of imidazole rings is 1. The lowest BCUT2D eigenvalue weighted by molar-refractivity contribution is -0.142. The second-order valence-corrected chi connectivity index (χ2v) is 5.73. The van der Waals surface area contributed by atoms with Crippen molar-refractivity contribution in [1.82, 2.24) is 14.3 Å². The smallest absolute Gasteiger partial charge is 0.308 e. The Kier molecular flexibility index (Phi) is 3.16. The summed E-state index contributed by atoms with van der Waals surface area (Å²) in [6.07, 6.45) is 3.55. The molecule has 1 fully saturated rings. The van der Waals surface area contributed by atoms with Gasteiger partial charge in [0.05, 0.1) is 5.92 Å². The van der Waals surface area contributed by atoms with E-state index in [2.05, 4.69) is 4.98 Å². The highest BCUT2D eigenvalue weighted by atomic mass is 16.4. The predicted octanol–water partition coefficient (Wildman–Crippen LogP) is 1.44. The molecule has 3 rings (SSSR count). The van der Waals surface area contributed by atoms with Gasteiger partial charge in [0.2, 0.25) is 0 Å². The van der Waals surface area contributed by atoms with Crippen molar-refractivity contribution in [1.29, 1.82) is 0 Å². The monoisotopic (exact) mass is 287 g/mol. The first kappa shape index (κ1) is 13.6. The molecule has 3 heterocycles. The molecule has 0 bridgehead atoms. The zero-order valence-electron chi connectivity index (χ0n) is 12.0. The van der Waals surface area contributed by atoms with Crippen LogP contribution in [0.15, 0.2) is 24.5 Å². The molecule has 2 aromatic rings. The van der Waals surface area contributed by atoms with E-state index in [1.165, 1.54) is 0 Å². The van der Waals surface area contributed by atoms with Crippen LogP contribution in [0.2, 0.25) is 0 Å². The lowest BCUT2D eigenvalue weighted by atomic mass is 9.99. The minimum absolute atomic E-state index is 0.0364. The molecule has 1 aliphatic heterocycles. The fraction of sp³-hybridized carbons (Fsp3) is 0.400. The van der Waals surface area contributed by atoms with Gasteiger partial charge in [0, 0.05) is 25.5 Å². The van der Waals surface area contributed by atoms with Crippen molar-refractivity contribution in [2.75, 3.05) is 13.1 Å². The molecule has 2 aromatic heterocycles. The molecular weight excluding hydrogens is 270 g/mol. The average molecular weight is 287 g/mol. The van der Waals surface area contributed by atoms with Crippen molar-refractivity contribution in [3.8, 4) is 0 Å². The third-order valence-corrected chi connectivity index (χ3v) is 4.05. The van der Waals surface area contributed by atoms with Crippen LogP contribution in [0.3, 0.4) is 0 Å². The molecule has 1 amide bonds. The zero-order chi connectivity index (χ0) is 15.1. The van der Waals surface area contributed by atoms with Gasteiger partial charge in [-0.3, -0.25) is 9.59 Å². The number of aliphatic carboxylic acids is 1. The van der Waals surface area contributed by atoms with Gasteiger partial charge in [-0.25, -0.2) is 4.98 Å². The molecule has 2 atom stereocenters. The quantitative estimate of drug-likeness (QED) is 0.906. The number of aromatic nitrogens is 2. The molecule has 1 aliphatic rings. The molecule has 110 valence electrons. The molecule has 0 aliphatic carbocycles. The number of hydrogen-bond acceptors (Lipinski definition) is 3. The second-order valence-electron chi connectivity index (χ2n) is 5.73. The molecule has 0 unspecified atom stereocenters. The number of carboxylic acids is 1. The number of nitrogens with zero attached hydrogens (tertiary/aromatic N) is 3. The molecule has 0 spiro atoms. The van der Waals surface area contributed by atoms with E-state index in [-0.39, 0.29) is 18.4 Å². The van der Waals surface area contributed by atoms with E-state index in [9.17, 15) is 9.59 Å². The van der Waals surface area contributed by atoms with E-state index in [0.29, 0.717) is 12.2 Å². The zero-order valence-corrected chi connectivity index (χ0v) is 12.0. The fourth-order valence-electron chi connectivity index (χ4n) is 2.80. The van der Waals surface area contributed by atoms with Crippen LogP contribution in [0.25, 0.3) is 5.65 Å². The van der Waals surface area contributed by atoms with Gasteiger partial charge in [0.1, 0.15) is 11.3 Å². The van der Waals surface area contributed by atoms with Gasteiger partial charge in [-0.2, -0.15) is 0 Å². The summed E-state index contributed by atoms with van der Waals surface area (Å²) < 4.78 is 1.80. The SMILES string of the molecule is Cc1ccn2cc(C(=O)N3C[C@@H](C)[C@H](C(=O)O)C3)nc2c1. The summed E-state index contributed by atoms with van der Waals surface area (Å²) in [5.41, 5.74) is 2.16. The minimum atomic E-state index is -0.844. The van der Waals surface area contributed by atoms with Crippen molar-refractivity contribution in [2.24, 2.45) is 11.8 Å². The number of fused-ring (bicyclic) bond motifs is 1. The lowest BCUT2D eigenvalue weighted by Crippen LogP contribution is -2.30. The number of amides is 1. The number of pyridine rings is 1. The van der Waals surface area contributed by atoms with E-state index >= 15 is 0 Å². The van der Waals surface area contributed by atoms with Crippen molar-refractivity contribution in [3.05, 3.63) is 35.8 Å². The van der Waals surface area contributed by atoms with E-state index in [0.717, 1.165) is 11.2 Å². The molecule has 21 heavy (non-hydrogen) atoms. The summed E-state index contributed by atoms with van der Waals surface area (Å²) in [6.45, 7) is 4.54.